The number of alkyl halides is 3. The first kappa shape index (κ1) is 11.4. The van der Waals surface area contributed by atoms with Crippen molar-refractivity contribution in [2.24, 2.45) is 0 Å². The highest BCUT2D eigenvalue weighted by Gasteiger charge is 2.42. The van der Waals surface area contributed by atoms with E-state index in [4.69, 9.17) is 0 Å². The third kappa shape index (κ3) is 1.92. The summed E-state index contributed by atoms with van der Waals surface area (Å²) in [4.78, 5) is 11.3. The molecule has 16 heavy (non-hydrogen) atoms. The number of nitrogens with one attached hydrogen (secondary N) is 1. The first-order chi connectivity index (χ1) is 7.39. The number of amides is 1. The van der Waals surface area contributed by atoms with Crippen LogP contribution in [0.2, 0.25) is 0 Å². The largest absolute Gasteiger partial charge is 0.471 e. The van der Waals surface area contributed by atoms with Crippen LogP contribution in [0.3, 0.4) is 0 Å². The van der Waals surface area contributed by atoms with Crippen LogP contribution in [0, 0.1) is 0 Å². The van der Waals surface area contributed by atoms with E-state index in [1.165, 1.54) is 11.3 Å². The summed E-state index contributed by atoms with van der Waals surface area (Å²) in [7, 11) is 0. The fourth-order valence-electron chi connectivity index (χ4n) is 1.71. The van der Waals surface area contributed by atoms with Crippen molar-refractivity contribution in [3.05, 3.63) is 21.9 Å². The molecule has 1 amide bonds. The van der Waals surface area contributed by atoms with Crippen molar-refractivity contribution >= 4 is 17.2 Å². The normalized spacial score (nSPS) is 24.2. The Morgan fingerprint density at radius 1 is 1.56 bits per heavy atom. The predicted molar refractivity (Wildman–Crippen MR) is 50.8 cm³/mol. The van der Waals surface area contributed by atoms with Crippen molar-refractivity contribution in [1.82, 2.24) is 5.32 Å². The van der Waals surface area contributed by atoms with Gasteiger partial charge in [0.15, 0.2) is 0 Å². The maximum Gasteiger partial charge on any atom is 0.471 e. The number of hydrogen-bond acceptors (Lipinski definition) is 3. The van der Waals surface area contributed by atoms with E-state index < -0.39 is 24.2 Å². The molecule has 0 unspecified atom stereocenters. The van der Waals surface area contributed by atoms with E-state index in [0.29, 0.717) is 10.4 Å². The lowest BCUT2D eigenvalue weighted by molar-refractivity contribution is -0.174. The van der Waals surface area contributed by atoms with E-state index in [0.717, 1.165) is 0 Å². The van der Waals surface area contributed by atoms with E-state index in [1.807, 2.05) is 5.32 Å². The number of aliphatic hydroxyl groups is 1. The highest BCUT2D eigenvalue weighted by atomic mass is 32.1. The van der Waals surface area contributed by atoms with Crippen LogP contribution >= 0.6 is 11.3 Å². The highest BCUT2D eigenvalue weighted by Crippen LogP contribution is 2.42. The smallest absolute Gasteiger partial charge is 0.388 e. The van der Waals surface area contributed by atoms with Crippen LogP contribution in [0.25, 0.3) is 0 Å². The fourth-order valence-corrected chi connectivity index (χ4v) is 2.73. The third-order valence-corrected chi connectivity index (χ3v) is 3.47. The van der Waals surface area contributed by atoms with Gasteiger partial charge in [0.1, 0.15) is 0 Å². The molecule has 7 heteroatoms. The van der Waals surface area contributed by atoms with Crippen LogP contribution < -0.4 is 5.32 Å². The molecule has 1 aliphatic rings. The first-order valence-electron chi connectivity index (χ1n) is 4.52. The average Bonchev–Trinajstić information content (AvgIpc) is 2.70. The second-order valence-corrected chi connectivity index (χ2v) is 4.46. The van der Waals surface area contributed by atoms with Gasteiger partial charge in [-0.05, 0) is 17.0 Å². The summed E-state index contributed by atoms with van der Waals surface area (Å²) >= 11 is 1.23. The van der Waals surface area contributed by atoms with Gasteiger partial charge in [0.05, 0.1) is 12.1 Å². The third-order valence-electron chi connectivity index (χ3n) is 2.42. The molecule has 2 rings (SSSR count). The molecule has 0 aromatic carbocycles. The SMILES string of the molecule is O=C(N[C@@H]1C[C@@H](O)c2ccsc21)C(F)(F)F. The van der Waals surface area contributed by atoms with Gasteiger partial charge in [-0.3, -0.25) is 4.79 Å². The highest BCUT2D eigenvalue weighted by molar-refractivity contribution is 7.10. The number of hydrogen-bond donors (Lipinski definition) is 2. The Kier molecular flexibility index (Phi) is 2.67. The maximum absolute atomic E-state index is 12.0. The molecule has 0 saturated heterocycles. The number of thiophene rings is 1. The fraction of sp³-hybridized carbons (Fsp3) is 0.444. The molecule has 3 nitrogen and oxygen atoms in total. The van der Waals surface area contributed by atoms with Crippen molar-refractivity contribution in [2.75, 3.05) is 0 Å². The van der Waals surface area contributed by atoms with Crippen LogP contribution in [0.1, 0.15) is 29.0 Å². The number of aliphatic hydroxyl groups excluding tert-OH is 1. The lowest BCUT2D eigenvalue weighted by atomic mass is 10.2. The molecule has 2 atom stereocenters. The Bertz CT molecular complexity index is 415. The standard InChI is InChI=1S/C9H8F3NO2S/c10-9(11,12)8(15)13-5-3-6(14)4-1-2-16-7(4)5/h1-2,5-6,14H,3H2,(H,13,15)/t5-,6-/m1/s1. The second kappa shape index (κ2) is 3.74. The van der Waals surface area contributed by atoms with Crippen LogP contribution in [0.5, 0.6) is 0 Å². The van der Waals surface area contributed by atoms with E-state index in [1.54, 1.807) is 11.4 Å². The van der Waals surface area contributed by atoms with Gasteiger partial charge in [0.2, 0.25) is 0 Å². The van der Waals surface area contributed by atoms with E-state index >= 15 is 0 Å². The van der Waals surface area contributed by atoms with Gasteiger partial charge in [-0.25, -0.2) is 0 Å². The van der Waals surface area contributed by atoms with Crippen molar-refractivity contribution in [3.63, 3.8) is 0 Å². The van der Waals surface area contributed by atoms with Crippen molar-refractivity contribution < 1.29 is 23.1 Å². The molecule has 2 N–H and O–H groups in total. The minimum absolute atomic E-state index is 0.101. The molecule has 0 fully saturated rings. The maximum atomic E-state index is 12.0. The zero-order chi connectivity index (χ0) is 11.9. The molecule has 0 radical (unpaired) electrons. The zero-order valence-electron chi connectivity index (χ0n) is 7.91. The monoisotopic (exact) mass is 251 g/mol. The predicted octanol–water partition coefficient (Wildman–Crippen LogP) is 1.90. The van der Waals surface area contributed by atoms with E-state index in [2.05, 4.69) is 0 Å². The zero-order valence-corrected chi connectivity index (χ0v) is 8.73. The van der Waals surface area contributed by atoms with Gasteiger partial charge in [-0.2, -0.15) is 13.2 Å². The van der Waals surface area contributed by atoms with Crippen LogP contribution in [0.15, 0.2) is 11.4 Å². The molecule has 1 heterocycles. The van der Waals surface area contributed by atoms with Crippen molar-refractivity contribution in [1.29, 1.82) is 0 Å². The lowest BCUT2D eigenvalue weighted by Gasteiger charge is -2.14. The Labute approximate surface area is 92.9 Å². The topological polar surface area (TPSA) is 49.3 Å². The molecule has 1 aromatic heterocycles. The number of fused-ring (bicyclic) bond motifs is 1. The van der Waals surface area contributed by atoms with Gasteiger partial charge >= 0.3 is 12.1 Å². The van der Waals surface area contributed by atoms with E-state index in [9.17, 15) is 23.1 Å². The summed E-state index contributed by atoms with van der Waals surface area (Å²) in [5.74, 6) is -1.97. The van der Waals surface area contributed by atoms with Crippen molar-refractivity contribution in [2.45, 2.75) is 24.7 Å². The first-order valence-corrected chi connectivity index (χ1v) is 5.40. The number of carbonyl (C=O) groups is 1. The molecular weight excluding hydrogens is 243 g/mol. The van der Waals surface area contributed by atoms with Gasteiger partial charge in [-0.15, -0.1) is 11.3 Å². The summed E-state index contributed by atoms with van der Waals surface area (Å²) in [6.45, 7) is 0. The number of rotatable bonds is 1. The molecule has 0 saturated carbocycles. The lowest BCUT2D eigenvalue weighted by Crippen LogP contribution is -2.38. The molecule has 0 spiro atoms. The molecule has 0 aliphatic heterocycles. The number of carbonyl (C=O) groups excluding carboxylic acids is 1. The molecule has 88 valence electrons. The van der Waals surface area contributed by atoms with Gasteiger partial charge in [0, 0.05) is 11.3 Å². The van der Waals surface area contributed by atoms with Gasteiger partial charge in [-0.1, -0.05) is 0 Å². The Hall–Kier alpha value is -1.08. The second-order valence-electron chi connectivity index (χ2n) is 3.52. The quantitative estimate of drug-likeness (QED) is 0.801. The minimum atomic E-state index is -4.88. The van der Waals surface area contributed by atoms with Crippen molar-refractivity contribution in [3.8, 4) is 0 Å². The Morgan fingerprint density at radius 3 is 2.88 bits per heavy atom. The summed E-state index contributed by atoms with van der Waals surface area (Å²) in [6.07, 6.45) is -5.57. The number of halogens is 3. The summed E-state index contributed by atoms with van der Waals surface area (Å²) in [6, 6.07) is 0.920. The van der Waals surface area contributed by atoms with E-state index in [-0.39, 0.29) is 6.42 Å². The van der Waals surface area contributed by atoms with Crippen LogP contribution in [0.4, 0.5) is 13.2 Å². The van der Waals surface area contributed by atoms with Gasteiger partial charge < -0.3 is 10.4 Å². The van der Waals surface area contributed by atoms with Crippen LogP contribution in [-0.2, 0) is 4.79 Å². The van der Waals surface area contributed by atoms with Crippen LogP contribution in [-0.4, -0.2) is 17.2 Å². The molecule has 1 aromatic rings. The minimum Gasteiger partial charge on any atom is -0.388 e. The molecular formula is C9H8F3NO2S. The summed E-state index contributed by atoms with van der Waals surface area (Å²) in [5, 5.41) is 13.1. The molecule has 0 bridgehead atoms. The average molecular weight is 251 g/mol. The summed E-state index contributed by atoms with van der Waals surface area (Å²) < 4.78 is 36.1. The Balaban J connectivity index is 2.12. The van der Waals surface area contributed by atoms with Gasteiger partial charge in [0.25, 0.3) is 0 Å². The molecule has 1 aliphatic carbocycles. The summed E-state index contributed by atoms with van der Waals surface area (Å²) in [5.41, 5.74) is 0.609. The Morgan fingerprint density at radius 2 is 2.25 bits per heavy atom.